The molecule has 48 heavy (non-hydrogen) atoms. The fraction of sp³-hybridized carbons (Fsp3) is 0.0238. The lowest BCUT2D eigenvalue weighted by molar-refractivity contribution is 0.668. The quantitative estimate of drug-likeness (QED) is 0.192. The van der Waals surface area contributed by atoms with Gasteiger partial charge in [-0.2, -0.15) is 5.10 Å². The third kappa shape index (κ3) is 3.88. The second-order valence-electron chi connectivity index (χ2n) is 12.2. The first kappa shape index (κ1) is 27.1. The monoisotopic (exact) mass is 639 g/mol. The summed E-state index contributed by atoms with van der Waals surface area (Å²) in [7, 11) is 0. The predicted molar refractivity (Wildman–Crippen MR) is 198 cm³/mol. The van der Waals surface area contributed by atoms with Crippen LogP contribution in [-0.4, -0.2) is 9.78 Å². The van der Waals surface area contributed by atoms with Crippen molar-refractivity contribution in [1.29, 1.82) is 0 Å². The minimum absolute atomic E-state index is 0.573. The Bertz CT molecular complexity index is 2890. The third-order valence-corrected chi connectivity index (χ3v) is 9.81. The van der Waals surface area contributed by atoms with Gasteiger partial charge < -0.3 is 13.7 Å². The van der Waals surface area contributed by atoms with Crippen molar-refractivity contribution >= 4 is 94.2 Å². The van der Waals surface area contributed by atoms with Gasteiger partial charge in [0.1, 0.15) is 22.3 Å². The molecule has 5 nitrogen and oxygen atoms in total. The summed E-state index contributed by atoms with van der Waals surface area (Å²) < 4.78 is 14.6. The van der Waals surface area contributed by atoms with Gasteiger partial charge in [0.25, 0.3) is 0 Å². The molecule has 0 saturated carbocycles. The topological polar surface area (TPSA) is 47.3 Å². The molecule has 228 valence electrons. The molecule has 0 spiro atoms. The highest BCUT2D eigenvalue weighted by molar-refractivity contribution is 6.36. The first-order chi connectivity index (χ1) is 23.6. The number of anilines is 3. The number of para-hydroxylation sites is 2. The maximum Gasteiger partial charge on any atom is 0.137 e. The molecule has 0 fully saturated rings. The number of benzene rings is 7. The zero-order valence-electron chi connectivity index (χ0n) is 25.8. The molecular weight excluding hydrogens is 614 g/mol. The summed E-state index contributed by atoms with van der Waals surface area (Å²) in [5, 5.41) is 13.1. The molecule has 0 unspecified atom stereocenters. The maximum atomic E-state index is 7.58. The SMILES string of the molecule is Cc1nn(-c2cccc(N(c3cccc4ccccc34)c3cccc4oc5ccccc5c34)c2Cl)c2cc3oc4ccccc4c3cc12. The molecule has 0 saturated heterocycles. The van der Waals surface area contributed by atoms with Gasteiger partial charge in [-0.15, -0.1) is 0 Å². The summed E-state index contributed by atoms with van der Waals surface area (Å²) in [6.45, 7) is 2.04. The van der Waals surface area contributed by atoms with Crippen LogP contribution in [0.3, 0.4) is 0 Å². The zero-order chi connectivity index (χ0) is 31.9. The van der Waals surface area contributed by atoms with Crippen LogP contribution >= 0.6 is 11.6 Å². The standard InChI is InChI=1S/C42H26ClN3O2/c1-25-30-23-31-28-14-4-6-20-37(28)48-40(31)24-36(30)46(44-25)35-19-9-18-34(42(35)43)45(32-16-8-12-26-11-2-3-13-27(26)32)33-17-10-22-39-41(33)29-15-5-7-21-38(29)47-39/h2-24H,1H3. The predicted octanol–water partition coefficient (Wildman–Crippen LogP) is 12.4. The number of hydrogen-bond acceptors (Lipinski definition) is 4. The fourth-order valence-corrected chi connectivity index (χ4v) is 7.54. The van der Waals surface area contributed by atoms with Crippen molar-refractivity contribution in [3.63, 3.8) is 0 Å². The van der Waals surface area contributed by atoms with E-state index in [1.54, 1.807) is 0 Å². The van der Waals surface area contributed by atoms with E-state index in [2.05, 4.69) is 83.8 Å². The highest BCUT2D eigenvalue weighted by atomic mass is 35.5. The lowest BCUT2D eigenvalue weighted by atomic mass is 10.0. The van der Waals surface area contributed by atoms with E-state index in [4.69, 9.17) is 25.5 Å². The number of rotatable bonds is 4. The molecule has 6 heteroatoms. The Morgan fingerprint density at radius 2 is 1.17 bits per heavy atom. The van der Waals surface area contributed by atoms with Gasteiger partial charge in [-0.3, -0.25) is 0 Å². The summed E-state index contributed by atoms with van der Waals surface area (Å²) in [6, 6.07) is 47.8. The largest absolute Gasteiger partial charge is 0.456 e. The fourth-order valence-electron chi connectivity index (χ4n) is 7.25. The van der Waals surface area contributed by atoms with Crippen molar-refractivity contribution in [2.75, 3.05) is 4.90 Å². The van der Waals surface area contributed by atoms with E-state index < -0.39 is 0 Å². The van der Waals surface area contributed by atoms with Gasteiger partial charge in [-0.25, -0.2) is 4.68 Å². The summed E-state index contributed by atoms with van der Waals surface area (Å²) >= 11 is 7.58. The molecule has 0 N–H and O–H groups in total. The van der Waals surface area contributed by atoms with Crippen molar-refractivity contribution in [3.8, 4) is 5.69 Å². The molecule has 0 aliphatic rings. The normalized spacial score (nSPS) is 12.0. The van der Waals surface area contributed by atoms with Gasteiger partial charge in [0.05, 0.1) is 44.4 Å². The van der Waals surface area contributed by atoms with Crippen LogP contribution < -0.4 is 4.90 Å². The number of aromatic nitrogens is 2. The van der Waals surface area contributed by atoms with Crippen LogP contribution in [0.15, 0.2) is 148 Å². The van der Waals surface area contributed by atoms with Gasteiger partial charge in [-0.05, 0) is 60.8 Å². The second kappa shape index (κ2) is 10.2. The molecule has 10 rings (SSSR count). The third-order valence-electron chi connectivity index (χ3n) is 9.42. The molecule has 0 atom stereocenters. The summed E-state index contributed by atoms with van der Waals surface area (Å²) in [5.74, 6) is 0. The minimum Gasteiger partial charge on any atom is -0.456 e. The molecule has 10 aromatic rings. The van der Waals surface area contributed by atoms with Gasteiger partial charge in [0, 0.05) is 33.0 Å². The Balaban J connectivity index is 1.25. The van der Waals surface area contributed by atoms with Crippen LogP contribution in [0.25, 0.3) is 71.2 Å². The first-order valence-electron chi connectivity index (χ1n) is 15.9. The minimum atomic E-state index is 0.573. The van der Waals surface area contributed by atoms with Crippen LogP contribution in [-0.2, 0) is 0 Å². The molecule has 3 heterocycles. The van der Waals surface area contributed by atoms with E-state index in [1.165, 1.54) is 0 Å². The molecule has 0 aliphatic carbocycles. The van der Waals surface area contributed by atoms with E-state index in [1.807, 2.05) is 72.3 Å². The number of furan rings is 2. The van der Waals surface area contributed by atoms with E-state index in [-0.39, 0.29) is 0 Å². The van der Waals surface area contributed by atoms with Crippen molar-refractivity contribution < 1.29 is 8.83 Å². The molecule has 0 radical (unpaired) electrons. The molecule has 0 bridgehead atoms. The van der Waals surface area contributed by atoms with Gasteiger partial charge in [0.15, 0.2) is 0 Å². The van der Waals surface area contributed by atoms with Crippen LogP contribution in [0, 0.1) is 6.92 Å². The Labute approximate surface area is 279 Å². The van der Waals surface area contributed by atoms with Crippen molar-refractivity contribution in [2.24, 2.45) is 0 Å². The average Bonchev–Trinajstić information content (AvgIpc) is 3.79. The highest BCUT2D eigenvalue weighted by Crippen LogP contribution is 2.48. The number of halogens is 1. The van der Waals surface area contributed by atoms with E-state index >= 15 is 0 Å². The van der Waals surface area contributed by atoms with Gasteiger partial charge in [0.2, 0.25) is 0 Å². The average molecular weight is 640 g/mol. The molecule has 0 aliphatic heterocycles. The molecule has 0 amide bonds. The summed E-state index contributed by atoms with van der Waals surface area (Å²) in [6.07, 6.45) is 0. The first-order valence-corrected chi connectivity index (χ1v) is 16.3. The Morgan fingerprint density at radius 1 is 0.542 bits per heavy atom. The second-order valence-corrected chi connectivity index (χ2v) is 12.5. The van der Waals surface area contributed by atoms with Gasteiger partial charge in [-0.1, -0.05) is 96.5 Å². The van der Waals surface area contributed by atoms with Crippen molar-refractivity contribution in [3.05, 3.63) is 150 Å². The Morgan fingerprint density at radius 3 is 2.04 bits per heavy atom. The smallest absolute Gasteiger partial charge is 0.137 e. The lowest BCUT2D eigenvalue weighted by Gasteiger charge is -2.29. The molecule has 3 aromatic heterocycles. The Kier molecular flexibility index (Phi) is 5.78. The Hall–Kier alpha value is -6.04. The van der Waals surface area contributed by atoms with E-state index in [0.717, 1.165) is 94.0 Å². The summed E-state index contributed by atoms with van der Waals surface area (Å²) in [4.78, 5) is 2.26. The van der Waals surface area contributed by atoms with Crippen molar-refractivity contribution in [1.82, 2.24) is 9.78 Å². The zero-order valence-corrected chi connectivity index (χ0v) is 26.6. The maximum absolute atomic E-state index is 7.58. The number of nitrogens with zero attached hydrogens (tertiary/aromatic N) is 3. The number of fused-ring (bicyclic) bond motifs is 8. The lowest BCUT2D eigenvalue weighted by Crippen LogP contribution is -2.12. The summed E-state index contributed by atoms with van der Waals surface area (Å²) in [5.41, 5.74) is 8.76. The highest BCUT2D eigenvalue weighted by Gasteiger charge is 2.25. The number of hydrogen-bond donors (Lipinski definition) is 0. The van der Waals surface area contributed by atoms with Gasteiger partial charge >= 0.3 is 0 Å². The van der Waals surface area contributed by atoms with Crippen molar-refractivity contribution in [2.45, 2.75) is 6.92 Å². The molecule has 7 aromatic carbocycles. The van der Waals surface area contributed by atoms with Crippen LogP contribution in [0.1, 0.15) is 5.69 Å². The van der Waals surface area contributed by atoms with Crippen LogP contribution in [0.5, 0.6) is 0 Å². The number of aryl methyl sites for hydroxylation is 1. The van der Waals surface area contributed by atoms with Crippen LogP contribution in [0.4, 0.5) is 17.1 Å². The van der Waals surface area contributed by atoms with E-state index in [0.29, 0.717) is 5.02 Å². The molecular formula is C42H26ClN3O2. The van der Waals surface area contributed by atoms with Crippen LogP contribution in [0.2, 0.25) is 5.02 Å². The van der Waals surface area contributed by atoms with E-state index in [9.17, 15) is 0 Å².